The largest absolute Gasteiger partial charge is 0.324 e. The number of nitrogens with zero attached hydrogens (tertiary/aromatic N) is 1. The average molecular weight is 265 g/mol. The van der Waals surface area contributed by atoms with Crippen LogP contribution >= 0.6 is 0 Å². The van der Waals surface area contributed by atoms with Crippen molar-refractivity contribution in [3.05, 3.63) is 23.3 Å². The van der Waals surface area contributed by atoms with Crippen LogP contribution in [0.1, 0.15) is 24.0 Å². The van der Waals surface area contributed by atoms with Crippen LogP contribution in [-0.4, -0.2) is 20.4 Å². The van der Waals surface area contributed by atoms with E-state index in [9.17, 15) is 8.42 Å². The smallest absolute Gasteiger partial charge is 0.266 e. The lowest BCUT2D eigenvalue weighted by Gasteiger charge is -2.23. The van der Waals surface area contributed by atoms with Gasteiger partial charge < -0.3 is 5.32 Å². The van der Waals surface area contributed by atoms with E-state index in [0.29, 0.717) is 16.5 Å². The van der Waals surface area contributed by atoms with Crippen molar-refractivity contribution >= 4 is 21.7 Å². The van der Waals surface area contributed by atoms with Gasteiger partial charge >= 0.3 is 0 Å². The number of aryl methyl sites for hydroxylation is 2. The van der Waals surface area contributed by atoms with Crippen LogP contribution in [0.3, 0.4) is 0 Å². The molecule has 2 N–H and O–H groups in total. The van der Waals surface area contributed by atoms with Crippen LogP contribution in [0.4, 0.5) is 5.69 Å². The zero-order valence-corrected chi connectivity index (χ0v) is 11.1. The molecule has 0 bridgehead atoms. The van der Waals surface area contributed by atoms with Gasteiger partial charge in [-0.3, -0.25) is 0 Å². The second-order valence-corrected chi connectivity index (χ2v) is 6.52. The Morgan fingerprint density at radius 3 is 2.67 bits per heavy atom. The molecule has 18 heavy (non-hydrogen) atoms. The molecule has 1 aromatic carbocycles. The molecule has 0 amide bonds. The molecule has 0 unspecified atom stereocenters. The SMILES string of the molecule is Cc1cc(C)c2c(c1)NC(=NC1CC1)NS2(=O)=O. The maximum atomic E-state index is 12.2. The first-order valence-electron chi connectivity index (χ1n) is 5.94. The first-order valence-corrected chi connectivity index (χ1v) is 7.43. The second kappa shape index (κ2) is 3.71. The van der Waals surface area contributed by atoms with Crippen molar-refractivity contribution in [1.82, 2.24) is 4.72 Å². The van der Waals surface area contributed by atoms with Gasteiger partial charge in [0.25, 0.3) is 10.0 Å². The van der Waals surface area contributed by atoms with E-state index in [1.165, 1.54) is 0 Å². The van der Waals surface area contributed by atoms with Crippen molar-refractivity contribution in [2.24, 2.45) is 4.99 Å². The van der Waals surface area contributed by atoms with Gasteiger partial charge in [0.2, 0.25) is 5.96 Å². The van der Waals surface area contributed by atoms with Gasteiger partial charge in [0.15, 0.2) is 0 Å². The normalized spacial score (nSPS) is 23.1. The Hall–Kier alpha value is -1.56. The van der Waals surface area contributed by atoms with Crippen molar-refractivity contribution in [3.8, 4) is 0 Å². The molecule has 6 heteroatoms. The van der Waals surface area contributed by atoms with Crippen molar-refractivity contribution < 1.29 is 8.42 Å². The van der Waals surface area contributed by atoms with Crippen LogP contribution in [0.15, 0.2) is 22.0 Å². The third-order valence-electron chi connectivity index (χ3n) is 3.03. The molecule has 1 heterocycles. The molecule has 0 spiro atoms. The van der Waals surface area contributed by atoms with E-state index in [1.807, 2.05) is 19.1 Å². The number of anilines is 1. The molecule has 1 aliphatic heterocycles. The van der Waals surface area contributed by atoms with Gasteiger partial charge in [-0.2, -0.15) is 0 Å². The number of hydrogen-bond acceptors (Lipinski definition) is 3. The third kappa shape index (κ3) is 1.96. The van der Waals surface area contributed by atoms with Gasteiger partial charge in [0.1, 0.15) is 4.90 Å². The summed E-state index contributed by atoms with van der Waals surface area (Å²) >= 11 is 0. The van der Waals surface area contributed by atoms with Crippen LogP contribution in [0.5, 0.6) is 0 Å². The highest BCUT2D eigenvalue weighted by Gasteiger charge is 2.30. The molecule has 0 radical (unpaired) electrons. The number of sulfonamides is 1. The Labute approximate surface area is 106 Å². The number of hydrogen-bond donors (Lipinski definition) is 2. The Balaban J connectivity index is 2.13. The number of nitrogens with one attached hydrogen (secondary N) is 2. The first kappa shape index (κ1) is 11.5. The summed E-state index contributed by atoms with van der Waals surface area (Å²) in [4.78, 5) is 4.64. The molecule has 2 aliphatic rings. The topological polar surface area (TPSA) is 70.6 Å². The summed E-state index contributed by atoms with van der Waals surface area (Å²) in [6.07, 6.45) is 2.07. The predicted octanol–water partition coefficient (Wildman–Crippen LogP) is 1.53. The van der Waals surface area contributed by atoms with E-state index in [-0.39, 0.29) is 6.04 Å². The maximum absolute atomic E-state index is 12.2. The molecule has 1 saturated carbocycles. The Morgan fingerprint density at radius 1 is 1.28 bits per heavy atom. The molecule has 0 saturated heterocycles. The molecule has 1 aromatic rings. The maximum Gasteiger partial charge on any atom is 0.266 e. The highest BCUT2D eigenvalue weighted by molar-refractivity contribution is 7.90. The molecule has 96 valence electrons. The zero-order chi connectivity index (χ0) is 12.9. The van der Waals surface area contributed by atoms with Gasteiger partial charge in [-0.05, 0) is 43.9 Å². The summed E-state index contributed by atoms with van der Waals surface area (Å²) in [5.74, 6) is 0.343. The van der Waals surface area contributed by atoms with Crippen LogP contribution in [0.25, 0.3) is 0 Å². The van der Waals surface area contributed by atoms with Crippen molar-refractivity contribution in [2.75, 3.05) is 5.32 Å². The third-order valence-corrected chi connectivity index (χ3v) is 4.57. The summed E-state index contributed by atoms with van der Waals surface area (Å²) in [6, 6.07) is 3.97. The van der Waals surface area contributed by atoms with Gasteiger partial charge in [-0.25, -0.2) is 18.1 Å². The number of rotatable bonds is 1. The number of fused-ring (bicyclic) bond motifs is 1. The Kier molecular flexibility index (Phi) is 2.38. The van der Waals surface area contributed by atoms with E-state index in [4.69, 9.17) is 0 Å². The summed E-state index contributed by atoms with van der Waals surface area (Å²) in [7, 11) is -3.50. The highest BCUT2D eigenvalue weighted by Crippen LogP contribution is 2.30. The minimum Gasteiger partial charge on any atom is -0.324 e. The monoisotopic (exact) mass is 265 g/mol. The molecular formula is C12H15N3O2S. The van der Waals surface area contributed by atoms with Gasteiger partial charge in [0, 0.05) is 0 Å². The van der Waals surface area contributed by atoms with E-state index >= 15 is 0 Å². The molecule has 3 rings (SSSR count). The highest BCUT2D eigenvalue weighted by atomic mass is 32.2. The fraction of sp³-hybridized carbons (Fsp3) is 0.417. The molecule has 0 atom stereocenters. The minimum atomic E-state index is -3.50. The molecule has 1 aliphatic carbocycles. The standard InChI is InChI=1S/C12H15N3O2S/c1-7-5-8(2)11-10(6-7)14-12(13-9-3-4-9)15-18(11,16)17/h5-6,9H,3-4H2,1-2H3,(H2,13,14,15). The average Bonchev–Trinajstić information content (AvgIpc) is 2.97. The second-order valence-electron chi connectivity index (χ2n) is 4.90. The molecular weight excluding hydrogens is 250 g/mol. The van der Waals surface area contributed by atoms with Crippen molar-refractivity contribution in [3.63, 3.8) is 0 Å². The fourth-order valence-corrected chi connectivity index (χ4v) is 3.52. The lowest BCUT2D eigenvalue weighted by atomic mass is 10.1. The quantitative estimate of drug-likeness (QED) is 0.809. The lowest BCUT2D eigenvalue weighted by Crippen LogP contribution is -2.41. The minimum absolute atomic E-state index is 0.266. The Bertz CT molecular complexity index is 646. The number of aliphatic imine (C=N–C) groups is 1. The van der Waals surface area contributed by atoms with E-state index in [0.717, 1.165) is 24.0 Å². The van der Waals surface area contributed by atoms with Crippen LogP contribution < -0.4 is 10.0 Å². The fourth-order valence-electron chi connectivity index (χ4n) is 2.18. The van der Waals surface area contributed by atoms with E-state index < -0.39 is 10.0 Å². The van der Waals surface area contributed by atoms with Crippen LogP contribution in [-0.2, 0) is 10.0 Å². The van der Waals surface area contributed by atoms with Crippen molar-refractivity contribution in [1.29, 1.82) is 0 Å². The lowest BCUT2D eigenvalue weighted by molar-refractivity contribution is 0.591. The first-order chi connectivity index (χ1) is 8.45. The summed E-state index contributed by atoms with van der Waals surface area (Å²) in [6.45, 7) is 3.75. The Morgan fingerprint density at radius 2 is 2.00 bits per heavy atom. The van der Waals surface area contributed by atoms with Crippen molar-refractivity contribution in [2.45, 2.75) is 37.6 Å². The zero-order valence-electron chi connectivity index (χ0n) is 10.3. The van der Waals surface area contributed by atoms with Crippen LogP contribution in [0.2, 0.25) is 0 Å². The van der Waals surface area contributed by atoms with E-state index in [1.54, 1.807) is 6.92 Å². The van der Waals surface area contributed by atoms with E-state index in [2.05, 4.69) is 15.0 Å². The molecule has 0 aromatic heterocycles. The number of guanidine groups is 1. The van der Waals surface area contributed by atoms with Gasteiger partial charge in [0.05, 0.1) is 11.7 Å². The van der Waals surface area contributed by atoms with Crippen LogP contribution in [0, 0.1) is 13.8 Å². The van der Waals surface area contributed by atoms with Gasteiger partial charge in [-0.15, -0.1) is 0 Å². The molecule has 5 nitrogen and oxygen atoms in total. The molecule has 1 fully saturated rings. The summed E-state index contributed by atoms with van der Waals surface area (Å²) in [5.41, 5.74) is 2.39. The number of benzene rings is 1. The predicted molar refractivity (Wildman–Crippen MR) is 70.3 cm³/mol. The summed E-state index contributed by atoms with van der Waals surface area (Å²) < 4.78 is 26.9. The van der Waals surface area contributed by atoms with Gasteiger partial charge in [-0.1, -0.05) is 6.07 Å². The summed E-state index contributed by atoms with van der Waals surface area (Å²) in [5, 5.41) is 3.07.